The Labute approximate surface area is 61.9 Å². The maximum absolute atomic E-state index is 9.02. The van der Waals surface area contributed by atoms with Crippen LogP contribution in [0.15, 0.2) is 17.0 Å². The topological polar surface area (TPSA) is 58.8 Å². The van der Waals surface area contributed by atoms with Gasteiger partial charge in [0.2, 0.25) is 5.75 Å². The van der Waals surface area contributed by atoms with Crippen LogP contribution >= 0.6 is 11.9 Å². The van der Waals surface area contributed by atoms with Crippen LogP contribution in [0.5, 0.6) is 17.2 Å². The first-order chi connectivity index (χ1) is 4.83. The molecule has 0 fully saturated rings. The van der Waals surface area contributed by atoms with Crippen molar-refractivity contribution in [3.8, 4) is 17.2 Å². The van der Waals surface area contributed by atoms with Crippen LogP contribution in [0.3, 0.4) is 0 Å². The predicted octanol–water partition coefficient (Wildman–Crippen LogP) is 1.46. The fraction of sp³-hybridized carbons (Fsp3) is 0. The lowest BCUT2D eigenvalue weighted by Crippen LogP contribution is -1.74. The van der Waals surface area contributed by atoms with Crippen molar-refractivity contribution >= 4 is 11.9 Å². The lowest BCUT2D eigenvalue weighted by atomic mass is 10.3. The molecule has 0 unspecified atom stereocenters. The van der Waals surface area contributed by atoms with E-state index in [-0.39, 0.29) is 5.75 Å². The second-order valence-corrected chi connectivity index (χ2v) is 2.64. The lowest BCUT2D eigenvalue weighted by molar-refractivity contribution is 0.463. The van der Waals surface area contributed by atoms with Crippen LogP contribution in [-0.4, -0.2) is 5.11 Å². The highest BCUT2D eigenvalue weighted by atomic mass is 32.2. The van der Waals surface area contributed by atoms with Gasteiger partial charge < -0.3 is 9.84 Å². The molecule has 10 heavy (non-hydrogen) atoms. The molecule has 0 atom stereocenters. The SMILES string of the molecule is NSc1ccc(O)c2c1O2. The van der Waals surface area contributed by atoms with Gasteiger partial charge in [0, 0.05) is 0 Å². The predicted molar refractivity (Wildman–Crippen MR) is 38.2 cm³/mol. The summed E-state index contributed by atoms with van der Waals surface area (Å²) in [7, 11) is 0. The summed E-state index contributed by atoms with van der Waals surface area (Å²) in [6.45, 7) is 0. The Kier molecular flexibility index (Phi) is 1.06. The third-order valence-electron chi connectivity index (χ3n) is 1.34. The van der Waals surface area contributed by atoms with Crippen LogP contribution in [-0.2, 0) is 0 Å². The van der Waals surface area contributed by atoms with E-state index in [0.717, 1.165) is 16.8 Å². The average molecular weight is 155 g/mol. The zero-order valence-electron chi connectivity index (χ0n) is 5.00. The first kappa shape index (κ1) is 5.88. The number of phenols is 1. The van der Waals surface area contributed by atoms with E-state index in [1.165, 1.54) is 0 Å². The molecule has 0 radical (unpaired) electrons. The van der Waals surface area contributed by atoms with E-state index in [0.29, 0.717) is 11.5 Å². The molecule has 1 aliphatic rings. The van der Waals surface area contributed by atoms with Crippen LogP contribution in [0.4, 0.5) is 0 Å². The van der Waals surface area contributed by atoms with Gasteiger partial charge in [-0.3, -0.25) is 5.14 Å². The van der Waals surface area contributed by atoms with Gasteiger partial charge in [0.05, 0.1) is 4.90 Å². The molecule has 1 aromatic rings. The molecule has 0 aliphatic carbocycles. The summed E-state index contributed by atoms with van der Waals surface area (Å²) in [5.74, 6) is 1.47. The van der Waals surface area contributed by atoms with E-state index in [2.05, 4.69) is 0 Å². The average Bonchev–Trinajstić information content (AvgIpc) is 2.68. The van der Waals surface area contributed by atoms with Crippen LogP contribution in [0.2, 0.25) is 0 Å². The maximum atomic E-state index is 9.02. The molecule has 0 spiro atoms. The Morgan fingerprint density at radius 2 is 2.20 bits per heavy atom. The molecule has 0 amide bonds. The highest BCUT2D eigenvalue weighted by Gasteiger charge is 2.28. The third-order valence-corrected chi connectivity index (χ3v) is 1.92. The first-order valence-corrected chi connectivity index (χ1v) is 3.61. The van der Waals surface area contributed by atoms with Crippen molar-refractivity contribution in [3.05, 3.63) is 12.1 Å². The fourth-order valence-corrected chi connectivity index (χ4v) is 1.19. The standard InChI is InChI=1S/C6H5NO2S/c7-10-4-2-1-3(8)5-6(4)9-5/h1-2,8H,7H2. The molecule has 0 aromatic heterocycles. The van der Waals surface area contributed by atoms with E-state index in [1.54, 1.807) is 12.1 Å². The zero-order chi connectivity index (χ0) is 7.14. The number of fused-ring (bicyclic) bond motifs is 1. The Balaban J connectivity index is 2.53. The minimum absolute atomic E-state index is 0.188. The number of hydrogen-bond acceptors (Lipinski definition) is 4. The summed E-state index contributed by atoms with van der Waals surface area (Å²) in [5, 5.41) is 14.3. The van der Waals surface area contributed by atoms with Gasteiger partial charge in [-0.25, -0.2) is 0 Å². The second-order valence-electron chi connectivity index (χ2n) is 1.96. The van der Waals surface area contributed by atoms with Crippen molar-refractivity contribution in [1.29, 1.82) is 0 Å². The molecule has 3 N–H and O–H groups in total. The molecule has 2 rings (SSSR count). The Morgan fingerprint density at radius 1 is 1.40 bits per heavy atom. The molecular weight excluding hydrogens is 150 g/mol. The number of hydrogen-bond donors (Lipinski definition) is 2. The fourth-order valence-electron chi connectivity index (χ4n) is 0.806. The number of aromatic hydroxyl groups is 1. The van der Waals surface area contributed by atoms with Gasteiger partial charge in [-0.1, -0.05) is 0 Å². The molecular formula is C6H5NO2S. The van der Waals surface area contributed by atoms with Crippen molar-refractivity contribution in [2.75, 3.05) is 0 Å². The minimum Gasteiger partial charge on any atom is -0.504 e. The molecule has 52 valence electrons. The van der Waals surface area contributed by atoms with E-state index >= 15 is 0 Å². The Hall–Kier alpha value is -0.870. The van der Waals surface area contributed by atoms with Gasteiger partial charge >= 0.3 is 0 Å². The molecule has 0 saturated carbocycles. The van der Waals surface area contributed by atoms with E-state index in [4.69, 9.17) is 15.0 Å². The summed E-state index contributed by atoms with van der Waals surface area (Å²) in [4.78, 5) is 0.868. The monoisotopic (exact) mass is 155 g/mol. The van der Waals surface area contributed by atoms with Crippen molar-refractivity contribution < 1.29 is 9.84 Å². The number of nitrogens with two attached hydrogens (primary N) is 1. The number of benzene rings is 1. The van der Waals surface area contributed by atoms with Crippen molar-refractivity contribution in [2.24, 2.45) is 5.14 Å². The zero-order valence-corrected chi connectivity index (χ0v) is 5.81. The van der Waals surface area contributed by atoms with Crippen molar-refractivity contribution in [2.45, 2.75) is 4.90 Å². The summed E-state index contributed by atoms with van der Waals surface area (Å²) < 4.78 is 4.94. The van der Waals surface area contributed by atoms with Crippen LogP contribution in [0.25, 0.3) is 0 Å². The van der Waals surface area contributed by atoms with Crippen LogP contribution < -0.4 is 9.88 Å². The Morgan fingerprint density at radius 3 is 2.90 bits per heavy atom. The van der Waals surface area contributed by atoms with E-state index in [9.17, 15) is 0 Å². The highest BCUT2D eigenvalue weighted by molar-refractivity contribution is 7.97. The Bertz CT molecular complexity index is 287. The highest BCUT2D eigenvalue weighted by Crippen LogP contribution is 2.56. The summed E-state index contributed by atoms with van der Waals surface area (Å²) in [5.41, 5.74) is 0. The van der Waals surface area contributed by atoms with Gasteiger partial charge in [-0.15, -0.1) is 0 Å². The first-order valence-electron chi connectivity index (χ1n) is 2.73. The second kappa shape index (κ2) is 1.81. The smallest absolute Gasteiger partial charge is 0.212 e. The molecule has 4 heteroatoms. The molecule has 1 aromatic carbocycles. The molecule has 1 aliphatic heterocycles. The molecule has 0 saturated heterocycles. The lowest BCUT2D eigenvalue weighted by Gasteiger charge is -1.87. The van der Waals surface area contributed by atoms with Crippen LogP contribution in [0.1, 0.15) is 0 Å². The molecule has 1 heterocycles. The third kappa shape index (κ3) is 0.661. The minimum atomic E-state index is 0.188. The van der Waals surface area contributed by atoms with E-state index in [1.807, 2.05) is 0 Å². The van der Waals surface area contributed by atoms with Crippen molar-refractivity contribution in [3.63, 3.8) is 0 Å². The number of rotatable bonds is 1. The summed E-state index contributed by atoms with van der Waals surface area (Å²) >= 11 is 1.12. The normalized spacial score (nSPS) is 12.1. The molecule has 0 bridgehead atoms. The maximum Gasteiger partial charge on any atom is 0.212 e. The van der Waals surface area contributed by atoms with E-state index < -0.39 is 0 Å². The van der Waals surface area contributed by atoms with Crippen LogP contribution in [0, 0.1) is 0 Å². The summed E-state index contributed by atoms with van der Waals surface area (Å²) in [6.07, 6.45) is 0. The molecule has 3 nitrogen and oxygen atoms in total. The van der Waals surface area contributed by atoms with Gasteiger partial charge in [0.25, 0.3) is 0 Å². The van der Waals surface area contributed by atoms with Gasteiger partial charge in [0.1, 0.15) is 0 Å². The van der Waals surface area contributed by atoms with Crippen molar-refractivity contribution in [1.82, 2.24) is 0 Å². The van der Waals surface area contributed by atoms with Gasteiger partial charge in [-0.05, 0) is 24.1 Å². The van der Waals surface area contributed by atoms with Gasteiger partial charge in [-0.2, -0.15) is 0 Å². The quantitative estimate of drug-likeness (QED) is 0.483. The van der Waals surface area contributed by atoms with Gasteiger partial charge in [0.15, 0.2) is 11.5 Å². The number of ether oxygens (including phenoxy) is 1. The number of phenolic OH excluding ortho intramolecular Hbond substituents is 1. The largest absolute Gasteiger partial charge is 0.504 e. The summed E-state index contributed by atoms with van der Waals surface area (Å²) in [6, 6.07) is 3.30.